The zero-order valence-corrected chi connectivity index (χ0v) is 16.2. The Morgan fingerprint density at radius 2 is 2.07 bits per heavy atom. The van der Waals surface area contributed by atoms with Crippen LogP contribution in [0.5, 0.6) is 11.6 Å². The van der Waals surface area contributed by atoms with Crippen molar-refractivity contribution < 1.29 is 27.1 Å². The summed E-state index contributed by atoms with van der Waals surface area (Å²) in [5.41, 5.74) is 0.563. The number of ether oxygens (including phenoxy) is 2. The molecule has 1 aliphatic heterocycles. The maximum Gasteiger partial charge on any atom is 0.224 e. The fourth-order valence-corrected chi connectivity index (χ4v) is 4.87. The van der Waals surface area contributed by atoms with Gasteiger partial charge in [0.2, 0.25) is 5.88 Å². The lowest BCUT2D eigenvalue weighted by Gasteiger charge is -2.12. The van der Waals surface area contributed by atoms with E-state index in [9.17, 15) is 17.6 Å². The molecule has 0 unspecified atom stereocenters. The van der Waals surface area contributed by atoms with Crippen LogP contribution in [0, 0.1) is 11.2 Å². The maximum absolute atomic E-state index is 13.7. The Bertz CT molecular complexity index is 1050. The third-order valence-corrected chi connectivity index (χ3v) is 6.82. The Labute approximate surface area is 162 Å². The van der Waals surface area contributed by atoms with Crippen molar-refractivity contribution in [1.29, 1.82) is 0 Å². The Hall–Kier alpha value is -2.48. The number of fused-ring (bicyclic) bond motifs is 1. The number of hydrogen-bond acceptors (Lipinski definition) is 6. The Balaban J connectivity index is 1.65. The van der Waals surface area contributed by atoms with Gasteiger partial charge in [0, 0.05) is 18.0 Å². The van der Waals surface area contributed by atoms with Gasteiger partial charge >= 0.3 is 0 Å². The number of ketones is 1. The highest BCUT2D eigenvalue weighted by molar-refractivity contribution is 7.90. The van der Waals surface area contributed by atoms with Gasteiger partial charge in [0.15, 0.2) is 15.6 Å². The van der Waals surface area contributed by atoms with Gasteiger partial charge in [-0.1, -0.05) is 0 Å². The van der Waals surface area contributed by atoms with Crippen LogP contribution in [0.25, 0.3) is 0 Å². The van der Waals surface area contributed by atoms with Gasteiger partial charge < -0.3 is 9.47 Å². The van der Waals surface area contributed by atoms with E-state index in [4.69, 9.17) is 9.47 Å². The van der Waals surface area contributed by atoms with Crippen molar-refractivity contribution >= 4 is 15.6 Å². The van der Waals surface area contributed by atoms with Crippen LogP contribution in [0.1, 0.15) is 42.1 Å². The zero-order chi connectivity index (χ0) is 19.9. The lowest BCUT2D eigenvalue weighted by atomic mass is 9.98. The molecule has 1 fully saturated rings. The van der Waals surface area contributed by atoms with Crippen LogP contribution >= 0.6 is 0 Å². The molecule has 1 aromatic heterocycles. The quantitative estimate of drug-likeness (QED) is 0.759. The predicted molar refractivity (Wildman–Crippen MR) is 98.8 cm³/mol. The van der Waals surface area contributed by atoms with Gasteiger partial charge in [0.25, 0.3) is 0 Å². The average Bonchev–Trinajstić information content (AvgIpc) is 3.43. The van der Waals surface area contributed by atoms with Gasteiger partial charge in [0.05, 0.1) is 24.5 Å². The molecule has 0 amide bonds. The molecule has 4 rings (SSSR count). The van der Waals surface area contributed by atoms with Gasteiger partial charge in [-0.3, -0.25) is 4.79 Å². The Kier molecular flexibility index (Phi) is 4.61. The molecule has 2 aliphatic rings. The normalized spacial score (nSPS) is 17.6. The molecule has 1 saturated carbocycles. The minimum absolute atomic E-state index is 0.0853. The number of nitrogens with zero attached hydrogens (tertiary/aromatic N) is 1. The molecule has 2 heterocycles. The third kappa shape index (κ3) is 3.61. The minimum atomic E-state index is -3.91. The molecule has 0 atom stereocenters. The van der Waals surface area contributed by atoms with Gasteiger partial charge in [-0.15, -0.1) is 0 Å². The summed E-state index contributed by atoms with van der Waals surface area (Å²) in [7, 11) is -3.91. The number of sulfone groups is 1. The molecule has 148 valence electrons. The summed E-state index contributed by atoms with van der Waals surface area (Å²) in [4.78, 5) is 16.5. The lowest BCUT2D eigenvalue weighted by molar-refractivity contribution is 0.0954. The topological polar surface area (TPSA) is 82.6 Å². The average molecular weight is 405 g/mol. The van der Waals surface area contributed by atoms with Gasteiger partial charge in [-0.2, -0.15) is 0 Å². The number of rotatable bonds is 5. The monoisotopic (exact) mass is 405 g/mol. The van der Waals surface area contributed by atoms with Crippen LogP contribution in [-0.2, 0) is 15.6 Å². The van der Waals surface area contributed by atoms with E-state index in [0.717, 1.165) is 25.0 Å². The highest BCUT2D eigenvalue weighted by Gasteiger charge is 2.47. The Morgan fingerprint density at radius 3 is 2.79 bits per heavy atom. The molecule has 1 aliphatic carbocycles. The Morgan fingerprint density at radius 1 is 1.29 bits per heavy atom. The maximum atomic E-state index is 13.7. The van der Waals surface area contributed by atoms with Gasteiger partial charge in [0.1, 0.15) is 16.5 Å². The number of pyridine rings is 1. The summed E-state index contributed by atoms with van der Waals surface area (Å²) in [6, 6.07) is 4.91. The number of halogens is 1. The number of carbonyl (C=O) groups is 1. The number of hydrogen-bond donors (Lipinski definition) is 0. The molecule has 1 spiro atoms. The van der Waals surface area contributed by atoms with E-state index in [1.807, 2.05) is 0 Å². The summed E-state index contributed by atoms with van der Waals surface area (Å²) >= 11 is 0. The minimum Gasteiger partial charge on any atom is -0.493 e. The summed E-state index contributed by atoms with van der Waals surface area (Å²) in [5.74, 6) is -0.829. The van der Waals surface area contributed by atoms with E-state index in [-0.39, 0.29) is 34.3 Å². The molecule has 0 bridgehead atoms. The second kappa shape index (κ2) is 6.84. The largest absolute Gasteiger partial charge is 0.493 e. The van der Waals surface area contributed by atoms with E-state index >= 15 is 0 Å². The first-order chi connectivity index (χ1) is 13.3. The van der Waals surface area contributed by atoms with Crippen LogP contribution in [0.3, 0.4) is 0 Å². The highest BCUT2D eigenvalue weighted by atomic mass is 32.2. The van der Waals surface area contributed by atoms with E-state index < -0.39 is 21.4 Å². The number of benzene rings is 1. The molecule has 8 heteroatoms. The molecular weight excluding hydrogens is 385 g/mol. The number of carbonyl (C=O) groups excluding carboxylic acids is 1. The molecule has 0 N–H and O–H groups in total. The molecule has 1 aromatic carbocycles. The highest BCUT2D eigenvalue weighted by Crippen LogP contribution is 2.51. The summed E-state index contributed by atoms with van der Waals surface area (Å²) in [5, 5.41) is 0. The van der Waals surface area contributed by atoms with Crippen molar-refractivity contribution in [2.75, 3.05) is 13.2 Å². The van der Waals surface area contributed by atoms with Crippen LogP contribution in [-0.4, -0.2) is 32.4 Å². The van der Waals surface area contributed by atoms with Crippen LogP contribution in [0.4, 0.5) is 4.39 Å². The summed E-state index contributed by atoms with van der Waals surface area (Å²) in [6.45, 7) is 2.42. The van der Waals surface area contributed by atoms with E-state index in [2.05, 4.69) is 4.98 Å². The number of aromatic nitrogens is 1. The second-order valence-electron chi connectivity index (χ2n) is 7.37. The molecular formula is C20H20FNO5S. The predicted octanol–water partition coefficient (Wildman–Crippen LogP) is 3.34. The third-order valence-electron chi connectivity index (χ3n) is 5.11. The summed E-state index contributed by atoms with van der Waals surface area (Å²) in [6.07, 6.45) is 3.67. The van der Waals surface area contributed by atoms with Crippen LogP contribution in [0.15, 0.2) is 35.4 Å². The van der Waals surface area contributed by atoms with Crippen LogP contribution < -0.4 is 9.47 Å². The molecule has 28 heavy (non-hydrogen) atoms. The second-order valence-corrected chi connectivity index (χ2v) is 9.33. The van der Waals surface area contributed by atoms with Gasteiger partial charge in [-0.05, 0) is 49.6 Å². The van der Waals surface area contributed by atoms with E-state index in [1.165, 1.54) is 18.3 Å². The van der Waals surface area contributed by atoms with Crippen molar-refractivity contribution in [3.05, 3.63) is 47.4 Å². The molecule has 0 saturated heterocycles. The van der Waals surface area contributed by atoms with Crippen molar-refractivity contribution in [2.45, 2.75) is 36.8 Å². The smallest absolute Gasteiger partial charge is 0.224 e. The molecule has 2 aromatic rings. The van der Waals surface area contributed by atoms with Crippen molar-refractivity contribution in [1.82, 2.24) is 4.98 Å². The van der Waals surface area contributed by atoms with Crippen molar-refractivity contribution in [3.8, 4) is 11.6 Å². The molecule has 0 radical (unpaired) electrons. The molecule has 6 nitrogen and oxygen atoms in total. The zero-order valence-electron chi connectivity index (χ0n) is 15.4. The fraction of sp³-hybridized carbons (Fsp3) is 0.400. The SMILES string of the molecule is CCOc1ccc(F)cc1S(=O)(=O)Cc1cnc2c(c1)C(=O)CC1(CC1)CO2. The van der Waals surface area contributed by atoms with Crippen molar-refractivity contribution in [3.63, 3.8) is 0 Å². The van der Waals surface area contributed by atoms with Crippen molar-refractivity contribution in [2.24, 2.45) is 5.41 Å². The van der Waals surface area contributed by atoms with E-state index in [0.29, 0.717) is 24.2 Å². The lowest BCUT2D eigenvalue weighted by Crippen LogP contribution is -2.12. The number of Topliss-reactive ketones (excluding diaryl/α,β-unsaturated/α-hetero) is 1. The van der Waals surface area contributed by atoms with Gasteiger partial charge in [-0.25, -0.2) is 17.8 Å². The van der Waals surface area contributed by atoms with Crippen LogP contribution in [0.2, 0.25) is 0 Å². The standard InChI is InChI=1S/C20H20FNO5S/c1-2-26-17-4-3-14(21)8-18(17)28(24,25)11-13-7-15-16(23)9-20(5-6-20)12-27-19(15)22-10-13/h3-4,7-8,10H,2,5-6,9,11-12H2,1H3. The first-order valence-corrected chi connectivity index (χ1v) is 10.8. The van der Waals surface area contributed by atoms with E-state index in [1.54, 1.807) is 6.92 Å². The summed E-state index contributed by atoms with van der Waals surface area (Å²) < 4.78 is 50.5. The first-order valence-electron chi connectivity index (χ1n) is 9.12. The first kappa shape index (κ1) is 18.9. The fourth-order valence-electron chi connectivity index (χ4n) is 3.39.